The van der Waals surface area contributed by atoms with Gasteiger partial charge < -0.3 is 10.2 Å². The monoisotopic (exact) mass is 156 g/mol. The Labute approximate surface area is 66.0 Å². The predicted molar refractivity (Wildman–Crippen MR) is 40.8 cm³/mol. The van der Waals surface area contributed by atoms with Crippen LogP contribution < -0.4 is 0 Å². The Morgan fingerprint density at radius 3 is 2.73 bits per heavy atom. The normalized spacial score (nSPS) is 11.5. The summed E-state index contributed by atoms with van der Waals surface area (Å²) >= 11 is 0. The number of carbonyl (C=O) groups excluding carboxylic acids is 1. The Hall–Kier alpha value is -0.850. The lowest BCUT2D eigenvalue weighted by Gasteiger charge is -1.89. The van der Waals surface area contributed by atoms with E-state index in [1.54, 1.807) is 0 Å². The number of carbonyl (C=O) groups is 1. The van der Waals surface area contributed by atoms with Crippen LogP contribution in [0.3, 0.4) is 0 Å². The third-order valence-corrected chi connectivity index (χ3v) is 0.982. The SMILES string of the molecule is CC(O)C#CC(=O)CCCO. The molecule has 0 aliphatic heterocycles. The zero-order chi connectivity index (χ0) is 8.69. The van der Waals surface area contributed by atoms with E-state index in [0.717, 1.165) is 0 Å². The quantitative estimate of drug-likeness (QED) is 0.436. The van der Waals surface area contributed by atoms with E-state index in [1.807, 2.05) is 0 Å². The van der Waals surface area contributed by atoms with Crippen molar-refractivity contribution in [1.29, 1.82) is 0 Å². The van der Waals surface area contributed by atoms with Crippen LogP contribution >= 0.6 is 0 Å². The molecule has 0 spiro atoms. The number of hydrogen-bond donors (Lipinski definition) is 2. The molecule has 3 heteroatoms. The second-order valence-corrected chi connectivity index (χ2v) is 2.20. The van der Waals surface area contributed by atoms with Gasteiger partial charge in [-0.1, -0.05) is 5.92 Å². The highest BCUT2D eigenvalue weighted by molar-refractivity contribution is 5.95. The van der Waals surface area contributed by atoms with Crippen LogP contribution in [0.4, 0.5) is 0 Å². The molecule has 1 unspecified atom stereocenters. The van der Waals surface area contributed by atoms with Crippen molar-refractivity contribution >= 4 is 5.78 Å². The van der Waals surface area contributed by atoms with E-state index >= 15 is 0 Å². The molecule has 1 atom stereocenters. The molecule has 0 aromatic carbocycles. The minimum absolute atomic E-state index is 0.00208. The molecule has 0 aliphatic carbocycles. The molecule has 0 aliphatic rings. The molecule has 0 rings (SSSR count). The molecule has 0 radical (unpaired) electrons. The van der Waals surface area contributed by atoms with Crippen molar-refractivity contribution in [3.63, 3.8) is 0 Å². The summed E-state index contributed by atoms with van der Waals surface area (Å²) in [6, 6.07) is 0. The van der Waals surface area contributed by atoms with Gasteiger partial charge in [-0.2, -0.15) is 0 Å². The summed E-state index contributed by atoms with van der Waals surface area (Å²) in [6.45, 7) is 1.49. The molecule has 0 heterocycles. The fourth-order valence-corrected chi connectivity index (χ4v) is 0.487. The Morgan fingerprint density at radius 1 is 1.64 bits per heavy atom. The topological polar surface area (TPSA) is 57.5 Å². The van der Waals surface area contributed by atoms with E-state index in [1.165, 1.54) is 6.92 Å². The van der Waals surface area contributed by atoms with Gasteiger partial charge in [-0.05, 0) is 19.3 Å². The summed E-state index contributed by atoms with van der Waals surface area (Å²) in [5, 5.41) is 17.0. The van der Waals surface area contributed by atoms with Crippen LogP contribution in [0, 0.1) is 11.8 Å². The van der Waals surface area contributed by atoms with Crippen LogP contribution in [-0.4, -0.2) is 28.7 Å². The Morgan fingerprint density at radius 2 is 2.27 bits per heavy atom. The molecule has 0 saturated heterocycles. The fourth-order valence-electron chi connectivity index (χ4n) is 0.487. The second kappa shape index (κ2) is 5.90. The highest BCUT2D eigenvalue weighted by atomic mass is 16.3. The lowest BCUT2D eigenvalue weighted by atomic mass is 10.2. The molecular weight excluding hydrogens is 144 g/mol. The van der Waals surface area contributed by atoms with Gasteiger partial charge in [-0.15, -0.1) is 0 Å². The van der Waals surface area contributed by atoms with Crippen molar-refractivity contribution in [3.05, 3.63) is 0 Å². The van der Waals surface area contributed by atoms with Crippen molar-refractivity contribution in [2.45, 2.75) is 25.9 Å². The molecular formula is C8H12O3. The number of Topliss-reactive ketones (excluding diaryl/α,β-unsaturated/α-hetero) is 1. The molecule has 2 N–H and O–H groups in total. The summed E-state index contributed by atoms with van der Waals surface area (Å²) in [5.74, 6) is 4.36. The van der Waals surface area contributed by atoms with Gasteiger partial charge in [-0.25, -0.2) is 0 Å². The van der Waals surface area contributed by atoms with Gasteiger partial charge in [0, 0.05) is 13.0 Å². The molecule has 3 nitrogen and oxygen atoms in total. The molecule has 0 aromatic rings. The first kappa shape index (κ1) is 10.2. The lowest BCUT2D eigenvalue weighted by molar-refractivity contribution is -0.114. The first-order valence-corrected chi connectivity index (χ1v) is 3.50. The van der Waals surface area contributed by atoms with Crippen molar-refractivity contribution in [3.8, 4) is 11.8 Å². The Kier molecular flexibility index (Phi) is 5.44. The van der Waals surface area contributed by atoms with Gasteiger partial charge in [0.15, 0.2) is 0 Å². The maximum Gasteiger partial charge on any atom is 0.205 e. The van der Waals surface area contributed by atoms with Crippen LogP contribution in [0.25, 0.3) is 0 Å². The van der Waals surface area contributed by atoms with E-state index in [-0.39, 0.29) is 18.8 Å². The van der Waals surface area contributed by atoms with Gasteiger partial charge in [0.2, 0.25) is 5.78 Å². The van der Waals surface area contributed by atoms with E-state index < -0.39 is 6.10 Å². The molecule has 0 amide bonds. The number of ketones is 1. The summed E-state index contributed by atoms with van der Waals surface area (Å²) < 4.78 is 0. The zero-order valence-electron chi connectivity index (χ0n) is 6.50. The molecule has 0 fully saturated rings. The van der Waals surface area contributed by atoms with Gasteiger partial charge in [0.1, 0.15) is 6.10 Å². The average molecular weight is 156 g/mol. The maximum atomic E-state index is 10.7. The number of aliphatic hydroxyl groups excluding tert-OH is 2. The van der Waals surface area contributed by atoms with Crippen molar-refractivity contribution in [2.75, 3.05) is 6.61 Å². The van der Waals surface area contributed by atoms with Gasteiger partial charge in [0.25, 0.3) is 0 Å². The maximum absolute atomic E-state index is 10.7. The van der Waals surface area contributed by atoms with Crippen LogP contribution in [0.5, 0.6) is 0 Å². The molecule has 62 valence electrons. The smallest absolute Gasteiger partial charge is 0.205 e. The van der Waals surface area contributed by atoms with E-state index in [9.17, 15) is 4.79 Å². The van der Waals surface area contributed by atoms with Crippen molar-refractivity contribution < 1.29 is 15.0 Å². The highest BCUT2D eigenvalue weighted by Crippen LogP contribution is 1.87. The third kappa shape index (κ3) is 7.04. The largest absolute Gasteiger partial charge is 0.396 e. The third-order valence-electron chi connectivity index (χ3n) is 0.982. The summed E-state index contributed by atoms with van der Waals surface area (Å²) in [6.07, 6.45) is -0.0585. The minimum Gasteiger partial charge on any atom is -0.396 e. The van der Waals surface area contributed by atoms with Crippen LogP contribution in [0.1, 0.15) is 19.8 Å². The van der Waals surface area contributed by atoms with Crippen LogP contribution in [-0.2, 0) is 4.79 Å². The number of hydrogen-bond acceptors (Lipinski definition) is 3. The van der Waals surface area contributed by atoms with Crippen molar-refractivity contribution in [2.24, 2.45) is 0 Å². The molecule has 11 heavy (non-hydrogen) atoms. The first-order chi connectivity index (χ1) is 5.16. The first-order valence-electron chi connectivity index (χ1n) is 3.50. The molecule has 0 aromatic heterocycles. The summed E-state index contributed by atoms with van der Waals surface area (Å²) in [5.41, 5.74) is 0. The Bertz CT molecular complexity index is 174. The number of rotatable bonds is 3. The van der Waals surface area contributed by atoms with Gasteiger partial charge >= 0.3 is 0 Å². The van der Waals surface area contributed by atoms with Crippen LogP contribution in [0.2, 0.25) is 0 Å². The average Bonchev–Trinajstić information content (AvgIpc) is 1.97. The summed E-state index contributed by atoms with van der Waals surface area (Å²) in [4.78, 5) is 10.7. The fraction of sp³-hybridized carbons (Fsp3) is 0.625. The van der Waals surface area contributed by atoms with E-state index in [0.29, 0.717) is 6.42 Å². The molecule has 0 bridgehead atoms. The van der Waals surface area contributed by atoms with E-state index in [2.05, 4.69) is 11.8 Å². The minimum atomic E-state index is -0.756. The standard InChI is InChI=1S/C8H12O3/c1-7(10)4-5-8(11)3-2-6-9/h7,9-10H,2-3,6H2,1H3. The van der Waals surface area contributed by atoms with Crippen molar-refractivity contribution in [1.82, 2.24) is 0 Å². The molecule has 0 saturated carbocycles. The van der Waals surface area contributed by atoms with Gasteiger partial charge in [0.05, 0.1) is 0 Å². The second-order valence-electron chi connectivity index (χ2n) is 2.20. The van der Waals surface area contributed by atoms with Crippen LogP contribution in [0.15, 0.2) is 0 Å². The van der Waals surface area contributed by atoms with E-state index in [4.69, 9.17) is 10.2 Å². The Balaban J connectivity index is 3.62. The number of aliphatic hydroxyl groups is 2. The zero-order valence-corrected chi connectivity index (χ0v) is 6.50. The predicted octanol–water partition coefficient (Wildman–Crippen LogP) is -0.288. The highest BCUT2D eigenvalue weighted by Gasteiger charge is 1.95. The lowest BCUT2D eigenvalue weighted by Crippen LogP contribution is -1.98. The summed E-state index contributed by atoms with van der Waals surface area (Å²) in [7, 11) is 0. The van der Waals surface area contributed by atoms with Gasteiger partial charge in [-0.3, -0.25) is 4.79 Å².